The van der Waals surface area contributed by atoms with Gasteiger partial charge in [0.2, 0.25) is 5.91 Å². The van der Waals surface area contributed by atoms with Crippen LogP contribution < -0.4 is 16.4 Å². The van der Waals surface area contributed by atoms with Gasteiger partial charge < -0.3 is 26.6 Å². The maximum Gasteiger partial charge on any atom is 0.322 e. The van der Waals surface area contributed by atoms with Crippen LogP contribution in [-0.4, -0.2) is 46.2 Å². The van der Waals surface area contributed by atoms with Gasteiger partial charge in [0.15, 0.2) is 0 Å². The number of benzene rings is 1. The topological polar surface area (TPSA) is 125 Å². The zero-order valence-electron chi connectivity index (χ0n) is 11.2. The van der Waals surface area contributed by atoms with E-state index in [-0.39, 0.29) is 29.7 Å². The minimum atomic E-state index is -1.03. The second-order valence-electron chi connectivity index (χ2n) is 4.37. The van der Waals surface area contributed by atoms with Crippen LogP contribution >= 0.6 is 12.2 Å². The van der Waals surface area contributed by atoms with Crippen molar-refractivity contribution in [3.8, 4) is 5.75 Å². The monoisotopic (exact) mass is 311 g/mol. The van der Waals surface area contributed by atoms with Gasteiger partial charge in [0.1, 0.15) is 12.3 Å². The van der Waals surface area contributed by atoms with Gasteiger partial charge in [-0.2, -0.15) is 0 Å². The minimum absolute atomic E-state index is 0.0325. The van der Waals surface area contributed by atoms with E-state index >= 15 is 0 Å². The molecule has 21 heavy (non-hydrogen) atoms. The quantitative estimate of drug-likeness (QED) is 0.425. The zero-order valence-corrected chi connectivity index (χ0v) is 12.0. The Morgan fingerprint density at radius 2 is 1.81 bits per heavy atom. The molecule has 0 radical (unpaired) electrons. The van der Waals surface area contributed by atoms with Crippen molar-refractivity contribution in [2.24, 2.45) is 5.73 Å². The minimum Gasteiger partial charge on any atom is -0.508 e. The number of nitrogens with two attached hydrogens (primary N) is 1. The van der Waals surface area contributed by atoms with E-state index in [0.29, 0.717) is 6.42 Å². The maximum atomic E-state index is 11.8. The lowest BCUT2D eigenvalue weighted by atomic mass is 10.1. The molecule has 1 amide bonds. The summed E-state index contributed by atoms with van der Waals surface area (Å²) >= 11 is 4.86. The Hall–Kier alpha value is -2.19. The van der Waals surface area contributed by atoms with Crippen molar-refractivity contribution in [1.82, 2.24) is 10.6 Å². The number of carboxylic acids is 1. The number of aromatic hydroxyl groups is 1. The lowest BCUT2D eigenvalue weighted by molar-refractivity contribution is -0.135. The molecule has 0 aliphatic heterocycles. The number of carbonyl (C=O) groups excluding carboxylic acids is 1. The average Bonchev–Trinajstić information content (AvgIpc) is 2.44. The second-order valence-corrected chi connectivity index (χ2v) is 4.86. The third kappa shape index (κ3) is 6.68. The number of amides is 1. The smallest absolute Gasteiger partial charge is 0.322 e. The first-order chi connectivity index (χ1) is 9.88. The fourth-order valence-corrected chi connectivity index (χ4v) is 1.66. The number of hydrogen-bond acceptors (Lipinski definition) is 5. The molecule has 0 saturated heterocycles. The molecule has 0 aromatic heterocycles. The van der Waals surface area contributed by atoms with Gasteiger partial charge in [-0.15, -0.1) is 0 Å². The highest BCUT2D eigenvalue weighted by Crippen LogP contribution is 2.10. The molecule has 7 nitrogen and oxygen atoms in total. The fraction of sp³-hybridized carbons (Fsp3) is 0.308. The number of carboxylic acid groups (broad SMARTS) is 1. The molecule has 0 fully saturated rings. The third-order valence-electron chi connectivity index (χ3n) is 2.59. The van der Waals surface area contributed by atoms with Gasteiger partial charge in [-0.1, -0.05) is 24.4 Å². The number of rotatable bonds is 7. The number of thiocarbonyl (C=S) groups is 1. The van der Waals surface area contributed by atoms with Crippen LogP contribution in [0.1, 0.15) is 5.56 Å². The maximum absolute atomic E-state index is 11.8. The second kappa shape index (κ2) is 8.18. The van der Waals surface area contributed by atoms with Gasteiger partial charge in [-0.05, 0) is 24.1 Å². The molecule has 0 unspecified atom stereocenters. The van der Waals surface area contributed by atoms with Crippen molar-refractivity contribution in [3.05, 3.63) is 29.8 Å². The van der Waals surface area contributed by atoms with Gasteiger partial charge in [-0.25, -0.2) is 0 Å². The largest absolute Gasteiger partial charge is 0.508 e. The Morgan fingerprint density at radius 1 is 1.19 bits per heavy atom. The van der Waals surface area contributed by atoms with Crippen molar-refractivity contribution in [3.63, 3.8) is 0 Å². The van der Waals surface area contributed by atoms with Crippen LogP contribution in [-0.2, 0) is 16.0 Å². The van der Waals surface area contributed by atoms with Crippen molar-refractivity contribution in [2.45, 2.75) is 12.5 Å². The lowest BCUT2D eigenvalue weighted by Crippen LogP contribution is -2.45. The molecule has 0 spiro atoms. The van der Waals surface area contributed by atoms with E-state index in [1.807, 2.05) is 0 Å². The normalized spacial score (nSPS) is 11.5. The SMILES string of the molecule is N[C@@H](Cc1ccc(O)cc1)C(=O)NCC(=S)NCC(=O)O. The number of nitrogens with one attached hydrogen (secondary N) is 2. The fourth-order valence-electron chi connectivity index (χ4n) is 1.51. The van der Waals surface area contributed by atoms with Crippen LogP contribution in [0.2, 0.25) is 0 Å². The first-order valence-corrected chi connectivity index (χ1v) is 6.59. The highest BCUT2D eigenvalue weighted by Gasteiger charge is 2.14. The Bertz CT molecular complexity index is 519. The van der Waals surface area contributed by atoms with Gasteiger partial charge in [0.25, 0.3) is 0 Å². The van der Waals surface area contributed by atoms with Gasteiger partial charge >= 0.3 is 5.97 Å². The molecule has 0 bridgehead atoms. The molecule has 1 aromatic rings. The molecular weight excluding hydrogens is 294 g/mol. The van der Waals surface area contributed by atoms with E-state index in [0.717, 1.165) is 5.56 Å². The van der Waals surface area contributed by atoms with Crippen molar-refractivity contribution < 1.29 is 19.8 Å². The number of carbonyl (C=O) groups is 2. The molecule has 1 atom stereocenters. The molecule has 8 heteroatoms. The molecule has 0 aliphatic rings. The summed E-state index contributed by atoms with van der Waals surface area (Å²) in [6.45, 7) is -0.265. The number of aliphatic carboxylic acids is 1. The zero-order chi connectivity index (χ0) is 15.8. The predicted molar refractivity (Wildman–Crippen MR) is 81.0 cm³/mol. The molecular formula is C13H17N3O4S. The van der Waals surface area contributed by atoms with Crippen LogP contribution in [0.25, 0.3) is 0 Å². The molecule has 6 N–H and O–H groups in total. The van der Waals surface area contributed by atoms with E-state index in [9.17, 15) is 9.59 Å². The summed E-state index contributed by atoms with van der Waals surface area (Å²) in [7, 11) is 0. The lowest BCUT2D eigenvalue weighted by Gasteiger charge is -2.13. The summed E-state index contributed by atoms with van der Waals surface area (Å²) in [5.74, 6) is -1.28. The summed E-state index contributed by atoms with van der Waals surface area (Å²) in [4.78, 5) is 22.3. The Kier molecular flexibility index (Phi) is 6.57. The molecule has 1 rings (SSSR count). The van der Waals surface area contributed by atoms with E-state index in [1.165, 1.54) is 12.1 Å². The standard InChI is InChI=1S/C13H17N3O4S/c14-10(5-8-1-3-9(17)4-2-8)13(20)16-6-11(21)15-7-12(18)19/h1-4,10,17H,5-7,14H2,(H,15,21)(H,16,20)(H,18,19)/t10-/m0/s1. The average molecular weight is 311 g/mol. The highest BCUT2D eigenvalue weighted by molar-refractivity contribution is 7.80. The van der Waals surface area contributed by atoms with Crippen LogP contribution in [0.15, 0.2) is 24.3 Å². The molecule has 0 heterocycles. The first-order valence-electron chi connectivity index (χ1n) is 6.18. The summed E-state index contributed by atoms with van der Waals surface area (Å²) in [5.41, 5.74) is 6.58. The molecule has 114 valence electrons. The Labute approximate surface area is 127 Å². The van der Waals surface area contributed by atoms with Crippen LogP contribution in [0.5, 0.6) is 5.75 Å². The Morgan fingerprint density at radius 3 is 2.38 bits per heavy atom. The summed E-state index contributed by atoms with van der Waals surface area (Å²) in [6.07, 6.45) is 0.321. The van der Waals surface area contributed by atoms with Crippen molar-refractivity contribution in [1.29, 1.82) is 0 Å². The summed E-state index contributed by atoms with van der Waals surface area (Å²) in [6, 6.07) is 5.65. The van der Waals surface area contributed by atoms with E-state index in [1.54, 1.807) is 12.1 Å². The van der Waals surface area contributed by atoms with Gasteiger partial charge in [-0.3, -0.25) is 9.59 Å². The predicted octanol–water partition coefficient (Wildman–Crippen LogP) is -0.620. The van der Waals surface area contributed by atoms with Crippen LogP contribution in [0.3, 0.4) is 0 Å². The third-order valence-corrected chi connectivity index (χ3v) is 2.88. The van der Waals surface area contributed by atoms with Crippen molar-refractivity contribution in [2.75, 3.05) is 13.1 Å². The number of phenols is 1. The molecule has 1 aromatic carbocycles. The van der Waals surface area contributed by atoms with Gasteiger partial charge in [0.05, 0.1) is 17.6 Å². The highest BCUT2D eigenvalue weighted by atomic mass is 32.1. The van der Waals surface area contributed by atoms with E-state index < -0.39 is 12.0 Å². The van der Waals surface area contributed by atoms with Gasteiger partial charge in [0, 0.05) is 0 Å². The first kappa shape index (κ1) is 16.9. The number of hydrogen-bond donors (Lipinski definition) is 5. The Balaban J connectivity index is 2.35. The van der Waals surface area contributed by atoms with Crippen LogP contribution in [0, 0.1) is 0 Å². The van der Waals surface area contributed by atoms with E-state index in [2.05, 4.69) is 10.6 Å². The van der Waals surface area contributed by atoms with Crippen molar-refractivity contribution >= 4 is 29.1 Å². The van der Waals surface area contributed by atoms with Crippen LogP contribution in [0.4, 0.5) is 0 Å². The molecule has 0 saturated carbocycles. The van der Waals surface area contributed by atoms with E-state index in [4.69, 9.17) is 28.2 Å². The summed E-state index contributed by atoms with van der Waals surface area (Å²) < 4.78 is 0. The number of phenolic OH excluding ortho intramolecular Hbond substituents is 1. The summed E-state index contributed by atoms with van der Waals surface area (Å²) in [5, 5.41) is 22.6. The molecule has 0 aliphatic carbocycles.